The fourth-order valence-corrected chi connectivity index (χ4v) is 3.10. The zero-order chi connectivity index (χ0) is 12.3. The Labute approximate surface area is 104 Å². The average molecular weight is 239 g/mol. The first kappa shape index (κ1) is 12.7. The van der Waals surface area contributed by atoms with Gasteiger partial charge in [-0.15, -0.1) is 0 Å². The minimum Gasteiger partial charge on any atom is -0.336 e. The van der Waals surface area contributed by atoms with Gasteiger partial charge in [0.15, 0.2) is 0 Å². The highest BCUT2D eigenvalue weighted by Gasteiger charge is 2.37. The maximum atomic E-state index is 12.0. The van der Waals surface area contributed by atoms with Gasteiger partial charge in [-0.25, -0.2) is 4.79 Å². The first-order chi connectivity index (χ1) is 8.11. The van der Waals surface area contributed by atoms with Gasteiger partial charge in [-0.3, -0.25) is 0 Å². The van der Waals surface area contributed by atoms with Gasteiger partial charge in [0.2, 0.25) is 0 Å². The zero-order valence-electron chi connectivity index (χ0n) is 11.1. The third kappa shape index (κ3) is 3.12. The summed E-state index contributed by atoms with van der Waals surface area (Å²) in [7, 11) is 0. The largest absolute Gasteiger partial charge is 0.336 e. The van der Waals surface area contributed by atoms with Gasteiger partial charge in [0.05, 0.1) is 0 Å². The summed E-state index contributed by atoms with van der Waals surface area (Å²) in [6.45, 7) is 8.09. The summed E-state index contributed by atoms with van der Waals surface area (Å²) in [5, 5.41) is 6.49. The highest BCUT2D eigenvalue weighted by molar-refractivity contribution is 5.74. The molecule has 1 spiro atoms. The van der Waals surface area contributed by atoms with E-state index in [-0.39, 0.29) is 12.1 Å². The average Bonchev–Trinajstić information content (AvgIpc) is 2.29. The normalized spacial score (nSPS) is 29.7. The molecule has 2 aliphatic rings. The summed E-state index contributed by atoms with van der Waals surface area (Å²) >= 11 is 0. The number of piperidine rings is 2. The van der Waals surface area contributed by atoms with Crippen molar-refractivity contribution in [3.8, 4) is 0 Å². The van der Waals surface area contributed by atoms with Crippen molar-refractivity contribution in [2.75, 3.05) is 26.2 Å². The van der Waals surface area contributed by atoms with Crippen molar-refractivity contribution in [1.82, 2.24) is 15.5 Å². The summed E-state index contributed by atoms with van der Waals surface area (Å²) in [6.07, 6.45) is 4.93. The van der Waals surface area contributed by atoms with Gasteiger partial charge < -0.3 is 15.5 Å². The number of hydrogen-bond donors (Lipinski definition) is 2. The van der Waals surface area contributed by atoms with Crippen LogP contribution in [0.3, 0.4) is 0 Å². The standard InChI is InChI=1S/C13H25N3O/c1-11(2)15-12(17)16-8-4-6-13(10-16)5-3-7-14-9-13/h11,14H,3-10H2,1-2H3,(H,15,17)/t13-/m1/s1. The number of hydrogen-bond acceptors (Lipinski definition) is 2. The molecule has 0 aromatic heterocycles. The SMILES string of the molecule is CC(C)NC(=O)N1CCC[C@@]2(CCCNC2)C1. The Balaban J connectivity index is 1.94. The van der Waals surface area contributed by atoms with Crippen molar-refractivity contribution in [2.24, 2.45) is 5.41 Å². The van der Waals surface area contributed by atoms with Gasteiger partial charge in [-0.1, -0.05) is 0 Å². The lowest BCUT2D eigenvalue weighted by Crippen LogP contribution is -2.55. The molecule has 2 aliphatic heterocycles. The smallest absolute Gasteiger partial charge is 0.317 e. The molecule has 0 aliphatic carbocycles. The Morgan fingerprint density at radius 3 is 2.76 bits per heavy atom. The van der Waals surface area contributed by atoms with E-state index in [0.29, 0.717) is 5.41 Å². The number of carbonyl (C=O) groups excluding carboxylic acids is 1. The topological polar surface area (TPSA) is 44.4 Å². The number of nitrogens with zero attached hydrogens (tertiary/aromatic N) is 1. The van der Waals surface area contributed by atoms with Crippen molar-refractivity contribution >= 4 is 6.03 Å². The van der Waals surface area contributed by atoms with Crippen LogP contribution in [-0.2, 0) is 0 Å². The van der Waals surface area contributed by atoms with E-state index in [2.05, 4.69) is 10.6 Å². The molecule has 2 fully saturated rings. The second-order valence-corrected chi connectivity index (χ2v) is 5.91. The molecule has 17 heavy (non-hydrogen) atoms. The monoisotopic (exact) mass is 239 g/mol. The van der Waals surface area contributed by atoms with E-state index in [4.69, 9.17) is 0 Å². The predicted molar refractivity (Wildman–Crippen MR) is 69.0 cm³/mol. The van der Waals surface area contributed by atoms with Crippen LogP contribution >= 0.6 is 0 Å². The van der Waals surface area contributed by atoms with Crippen LogP contribution in [0.2, 0.25) is 0 Å². The van der Waals surface area contributed by atoms with E-state index in [9.17, 15) is 4.79 Å². The molecule has 0 radical (unpaired) electrons. The van der Waals surface area contributed by atoms with Crippen LogP contribution < -0.4 is 10.6 Å². The predicted octanol–water partition coefficient (Wildman–Crippen LogP) is 1.57. The van der Waals surface area contributed by atoms with E-state index in [1.165, 1.54) is 19.3 Å². The van der Waals surface area contributed by atoms with E-state index >= 15 is 0 Å². The molecule has 0 aromatic carbocycles. The highest BCUT2D eigenvalue weighted by atomic mass is 16.2. The molecule has 0 saturated carbocycles. The Hall–Kier alpha value is -0.770. The number of urea groups is 1. The van der Waals surface area contributed by atoms with E-state index in [0.717, 1.165) is 32.6 Å². The maximum absolute atomic E-state index is 12.0. The van der Waals surface area contributed by atoms with E-state index in [1.807, 2.05) is 18.7 Å². The Kier molecular flexibility index (Phi) is 3.92. The van der Waals surface area contributed by atoms with Crippen LogP contribution in [0.25, 0.3) is 0 Å². The van der Waals surface area contributed by atoms with Crippen LogP contribution in [0.15, 0.2) is 0 Å². The number of carbonyl (C=O) groups is 1. The van der Waals surface area contributed by atoms with Crippen molar-refractivity contribution in [3.63, 3.8) is 0 Å². The summed E-state index contributed by atoms with van der Waals surface area (Å²) in [6, 6.07) is 0.342. The Morgan fingerprint density at radius 2 is 2.12 bits per heavy atom. The molecular formula is C13H25N3O. The summed E-state index contributed by atoms with van der Waals surface area (Å²) < 4.78 is 0. The molecular weight excluding hydrogens is 214 g/mol. The van der Waals surface area contributed by atoms with E-state index < -0.39 is 0 Å². The number of rotatable bonds is 1. The molecule has 4 nitrogen and oxygen atoms in total. The van der Waals surface area contributed by atoms with Crippen LogP contribution in [0, 0.1) is 5.41 Å². The lowest BCUT2D eigenvalue weighted by atomic mass is 9.74. The molecule has 2 amide bonds. The second-order valence-electron chi connectivity index (χ2n) is 5.91. The van der Waals surface area contributed by atoms with Gasteiger partial charge in [-0.2, -0.15) is 0 Å². The maximum Gasteiger partial charge on any atom is 0.317 e. The fourth-order valence-electron chi connectivity index (χ4n) is 3.10. The minimum absolute atomic E-state index is 0.115. The molecule has 0 unspecified atom stereocenters. The zero-order valence-corrected chi connectivity index (χ0v) is 11.1. The van der Waals surface area contributed by atoms with Crippen LogP contribution in [0.5, 0.6) is 0 Å². The fraction of sp³-hybridized carbons (Fsp3) is 0.923. The van der Waals surface area contributed by atoms with E-state index in [1.54, 1.807) is 0 Å². The first-order valence-electron chi connectivity index (χ1n) is 6.87. The number of likely N-dealkylation sites (tertiary alicyclic amines) is 1. The molecule has 4 heteroatoms. The van der Waals surface area contributed by atoms with Crippen molar-refractivity contribution in [3.05, 3.63) is 0 Å². The van der Waals surface area contributed by atoms with Gasteiger partial charge >= 0.3 is 6.03 Å². The molecule has 0 bridgehead atoms. The quantitative estimate of drug-likeness (QED) is 0.729. The summed E-state index contributed by atoms with van der Waals surface area (Å²) in [5.74, 6) is 0. The summed E-state index contributed by atoms with van der Waals surface area (Å²) in [4.78, 5) is 14.0. The molecule has 98 valence electrons. The van der Waals surface area contributed by atoms with Crippen molar-refractivity contribution in [1.29, 1.82) is 0 Å². The molecule has 2 N–H and O–H groups in total. The molecule has 1 atom stereocenters. The summed E-state index contributed by atoms with van der Waals surface area (Å²) in [5.41, 5.74) is 0.352. The number of amides is 2. The van der Waals surface area contributed by atoms with Crippen LogP contribution in [0.1, 0.15) is 39.5 Å². The van der Waals surface area contributed by atoms with Gasteiger partial charge in [-0.05, 0) is 46.1 Å². The minimum atomic E-state index is 0.115. The molecule has 2 saturated heterocycles. The highest BCUT2D eigenvalue weighted by Crippen LogP contribution is 2.35. The lowest BCUT2D eigenvalue weighted by Gasteiger charge is -2.45. The Morgan fingerprint density at radius 1 is 1.35 bits per heavy atom. The third-order valence-electron chi connectivity index (χ3n) is 3.92. The molecule has 2 rings (SSSR count). The molecule has 0 aromatic rings. The van der Waals surface area contributed by atoms with Crippen LogP contribution in [0.4, 0.5) is 4.79 Å². The van der Waals surface area contributed by atoms with Gasteiger partial charge in [0.1, 0.15) is 0 Å². The lowest BCUT2D eigenvalue weighted by molar-refractivity contribution is 0.0807. The first-order valence-corrected chi connectivity index (χ1v) is 6.87. The van der Waals surface area contributed by atoms with Crippen LogP contribution in [-0.4, -0.2) is 43.2 Å². The third-order valence-corrected chi connectivity index (χ3v) is 3.92. The van der Waals surface area contributed by atoms with Gasteiger partial charge in [0, 0.05) is 31.1 Å². The number of nitrogens with one attached hydrogen (secondary N) is 2. The Bertz CT molecular complexity index is 266. The molecule has 2 heterocycles. The second kappa shape index (κ2) is 5.25. The van der Waals surface area contributed by atoms with Crippen molar-refractivity contribution < 1.29 is 4.79 Å². The van der Waals surface area contributed by atoms with Crippen molar-refractivity contribution in [2.45, 2.75) is 45.6 Å². The van der Waals surface area contributed by atoms with Gasteiger partial charge in [0.25, 0.3) is 0 Å².